The van der Waals surface area contributed by atoms with E-state index in [0.717, 1.165) is 12.8 Å². The molecule has 0 saturated carbocycles. The summed E-state index contributed by atoms with van der Waals surface area (Å²) in [5.41, 5.74) is 4.74. The number of aliphatic carboxylic acids is 1. The first-order chi connectivity index (χ1) is 16.9. The van der Waals surface area contributed by atoms with Crippen molar-refractivity contribution in [3.8, 4) is 11.1 Å². The van der Waals surface area contributed by atoms with Gasteiger partial charge in [0.05, 0.1) is 0 Å². The van der Waals surface area contributed by atoms with Crippen LogP contribution in [0.25, 0.3) is 11.1 Å². The Hall–Kier alpha value is -3.35. The molecule has 0 bridgehead atoms. The third-order valence-corrected chi connectivity index (χ3v) is 7.22. The lowest BCUT2D eigenvalue weighted by Gasteiger charge is -2.25. The summed E-state index contributed by atoms with van der Waals surface area (Å²) < 4.78 is 5.61. The summed E-state index contributed by atoms with van der Waals surface area (Å²) in [5, 5.41) is 12.2. The Balaban J connectivity index is 1.21. The first-order valence-electron chi connectivity index (χ1n) is 12.5. The highest BCUT2D eigenvalue weighted by atomic mass is 16.5. The molecule has 2 aromatic rings. The van der Waals surface area contributed by atoms with Crippen LogP contribution in [0.5, 0.6) is 0 Å². The first-order valence-corrected chi connectivity index (χ1v) is 12.5. The van der Waals surface area contributed by atoms with Crippen molar-refractivity contribution < 1.29 is 24.2 Å². The summed E-state index contributed by atoms with van der Waals surface area (Å²) in [5.74, 6) is -1.23. The number of benzene rings is 2. The second-order valence-electron chi connectivity index (χ2n) is 9.73. The zero-order chi connectivity index (χ0) is 24.9. The Morgan fingerprint density at radius 2 is 1.66 bits per heavy atom. The minimum absolute atomic E-state index is 0.0236. The third kappa shape index (κ3) is 5.50. The zero-order valence-corrected chi connectivity index (χ0v) is 20.4. The number of hydrogen-bond donors (Lipinski definition) is 2. The lowest BCUT2D eigenvalue weighted by molar-refractivity contribution is -0.149. The molecule has 1 fully saturated rings. The number of amides is 2. The van der Waals surface area contributed by atoms with Crippen LogP contribution in [0.4, 0.5) is 4.79 Å². The molecule has 3 unspecified atom stereocenters. The summed E-state index contributed by atoms with van der Waals surface area (Å²) in [7, 11) is 0. The maximum Gasteiger partial charge on any atom is 0.407 e. The SMILES string of the molecule is CC(CCCC(C)C(=O)N1CCCC1C(=O)O)NC(=O)OCC1c2ccccc2-c2ccccc21. The monoisotopic (exact) mass is 478 g/mol. The van der Waals surface area contributed by atoms with E-state index in [1.165, 1.54) is 27.2 Å². The van der Waals surface area contributed by atoms with Gasteiger partial charge in [0.15, 0.2) is 0 Å². The summed E-state index contributed by atoms with van der Waals surface area (Å²) in [6.07, 6.45) is 2.93. The van der Waals surface area contributed by atoms with Crippen LogP contribution < -0.4 is 5.32 Å². The molecule has 1 aliphatic carbocycles. The molecular weight excluding hydrogens is 444 g/mol. The molecule has 2 amide bonds. The van der Waals surface area contributed by atoms with E-state index in [-0.39, 0.29) is 30.4 Å². The average Bonchev–Trinajstić information content (AvgIpc) is 3.46. The minimum atomic E-state index is -0.927. The molecule has 7 nitrogen and oxygen atoms in total. The van der Waals surface area contributed by atoms with Gasteiger partial charge in [0, 0.05) is 24.4 Å². The smallest absolute Gasteiger partial charge is 0.407 e. The fraction of sp³-hybridized carbons (Fsp3) is 0.464. The van der Waals surface area contributed by atoms with Crippen LogP contribution in [0, 0.1) is 5.92 Å². The van der Waals surface area contributed by atoms with Crippen LogP contribution in [0.3, 0.4) is 0 Å². The van der Waals surface area contributed by atoms with Gasteiger partial charge >= 0.3 is 12.1 Å². The molecule has 186 valence electrons. The number of hydrogen-bond acceptors (Lipinski definition) is 4. The molecule has 2 N–H and O–H groups in total. The van der Waals surface area contributed by atoms with Crippen LogP contribution in [-0.4, -0.2) is 53.2 Å². The number of ether oxygens (including phenoxy) is 1. The molecule has 4 rings (SSSR count). The lowest BCUT2D eigenvalue weighted by Crippen LogP contribution is -2.43. The molecule has 2 aliphatic rings. The van der Waals surface area contributed by atoms with Gasteiger partial charge in [-0.05, 0) is 54.9 Å². The van der Waals surface area contributed by atoms with Crippen LogP contribution in [0.2, 0.25) is 0 Å². The van der Waals surface area contributed by atoms with E-state index >= 15 is 0 Å². The number of carbonyl (C=O) groups excluding carboxylic acids is 2. The van der Waals surface area contributed by atoms with Crippen molar-refractivity contribution in [1.29, 1.82) is 0 Å². The predicted molar refractivity (Wildman–Crippen MR) is 133 cm³/mol. The Kier molecular flexibility index (Phi) is 7.73. The van der Waals surface area contributed by atoms with E-state index in [4.69, 9.17) is 4.74 Å². The van der Waals surface area contributed by atoms with Gasteiger partial charge in [-0.3, -0.25) is 4.79 Å². The maximum atomic E-state index is 12.7. The van der Waals surface area contributed by atoms with E-state index in [2.05, 4.69) is 29.6 Å². The quantitative estimate of drug-likeness (QED) is 0.540. The maximum absolute atomic E-state index is 12.7. The predicted octanol–water partition coefficient (Wildman–Crippen LogP) is 4.80. The normalized spacial score (nSPS) is 18.5. The second-order valence-corrected chi connectivity index (χ2v) is 9.73. The topological polar surface area (TPSA) is 95.9 Å². The molecule has 1 aliphatic heterocycles. The Morgan fingerprint density at radius 1 is 1.03 bits per heavy atom. The van der Waals surface area contributed by atoms with E-state index < -0.39 is 18.1 Å². The van der Waals surface area contributed by atoms with E-state index in [1.807, 2.05) is 38.1 Å². The van der Waals surface area contributed by atoms with Crippen molar-refractivity contribution in [3.63, 3.8) is 0 Å². The van der Waals surface area contributed by atoms with Gasteiger partial charge in [-0.25, -0.2) is 9.59 Å². The molecule has 3 atom stereocenters. The fourth-order valence-corrected chi connectivity index (χ4v) is 5.34. The van der Waals surface area contributed by atoms with Gasteiger partial charge in [-0.1, -0.05) is 61.9 Å². The third-order valence-electron chi connectivity index (χ3n) is 7.22. The average molecular weight is 479 g/mol. The second kappa shape index (κ2) is 10.9. The van der Waals surface area contributed by atoms with Crippen molar-refractivity contribution in [2.24, 2.45) is 5.92 Å². The van der Waals surface area contributed by atoms with Crippen molar-refractivity contribution in [2.75, 3.05) is 13.2 Å². The molecule has 0 spiro atoms. The number of alkyl carbamates (subject to hydrolysis) is 1. The molecule has 2 aromatic carbocycles. The van der Waals surface area contributed by atoms with E-state index in [9.17, 15) is 19.5 Å². The number of nitrogens with one attached hydrogen (secondary N) is 1. The lowest BCUT2D eigenvalue weighted by atomic mass is 9.98. The molecule has 1 heterocycles. The summed E-state index contributed by atoms with van der Waals surface area (Å²) in [4.78, 5) is 38.0. The first kappa shape index (κ1) is 24.8. The van der Waals surface area contributed by atoms with Crippen LogP contribution in [0.1, 0.15) is 63.0 Å². The van der Waals surface area contributed by atoms with Crippen LogP contribution >= 0.6 is 0 Å². The summed E-state index contributed by atoms with van der Waals surface area (Å²) >= 11 is 0. The van der Waals surface area contributed by atoms with E-state index in [0.29, 0.717) is 25.8 Å². The standard InChI is InChI=1S/C28H34N2O5/c1-18(26(31)30-16-8-15-25(30)27(32)33)9-7-10-19(2)29-28(34)35-17-24-22-13-5-3-11-20(22)21-12-4-6-14-23(21)24/h3-6,11-14,18-19,24-25H,7-10,15-17H2,1-2H3,(H,29,34)(H,32,33). The Labute approximate surface area is 206 Å². The fourth-order valence-electron chi connectivity index (χ4n) is 5.34. The van der Waals surface area contributed by atoms with Crippen molar-refractivity contribution in [2.45, 2.75) is 64.0 Å². The largest absolute Gasteiger partial charge is 0.480 e. The Morgan fingerprint density at radius 3 is 2.29 bits per heavy atom. The summed E-state index contributed by atoms with van der Waals surface area (Å²) in [6, 6.07) is 15.7. The highest BCUT2D eigenvalue weighted by Crippen LogP contribution is 2.44. The molecule has 0 radical (unpaired) electrons. The van der Waals surface area contributed by atoms with Crippen molar-refractivity contribution in [1.82, 2.24) is 10.2 Å². The van der Waals surface area contributed by atoms with Crippen molar-refractivity contribution >= 4 is 18.0 Å². The Bertz CT molecular complexity index is 1040. The van der Waals surface area contributed by atoms with Crippen molar-refractivity contribution in [3.05, 3.63) is 59.7 Å². The van der Waals surface area contributed by atoms with Gasteiger partial charge < -0.3 is 20.1 Å². The number of carboxylic acid groups (broad SMARTS) is 1. The zero-order valence-electron chi connectivity index (χ0n) is 20.4. The van der Waals surface area contributed by atoms with E-state index in [1.54, 1.807) is 0 Å². The van der Waals surface area contributed by atoms with Gasteiger partial charge in [-0.15, -0.1) is 0 Å². The number of carbonyl (C=O) groups is 3. The van der Waals surface area contributed by atoms with Gasteiger partial charge in [0.1, 0.15) is 12.6 Å². The molecule has 7 heteroatoms. The number of likely N-dealkylation sites (tertiary alicyclic amines) is 1. The molecule has 1 saturated heterocycles. The van der Waals surface area contributed by atoms with Crippen LogP contribution in [-0.2, 0) is 14.3 Å². The number of carboxylic acids is 1. The summed E-state index contributed by atoms with van der Waals surface area (Å²) in [6.45, 7) is 4.57. The molecule has 35 heavy (non-hydrogen) atoms. The van der Waals surface area contributed by atoms with Gasteiger partial charge in [0.25, 0.3) is 0 Å². The number of fused-ring (bicyclic) bond motifs is 3. The molecule has 0 aromatic heterocycles. The van der Waals surface area contributed by atoms with Gasteiger partial charge in [0.2, 0.25) is 5.91 Å². The van der Waals surface area contributed by atoms with Gasteiger partial charge in [-0.2, -0.15) is 0 Å². The van der Waals surface area contributed by atoms with Crippen LogP contribution in [0.15, 0.2) is 48.5 Å². The number of rotatable bonds is 9. The molecular formula is C28H34N2O5. The minimum Gasteiger partial charge on any atom is -0.480 e. The number of nitrogens with zero attached hydrogens (tertiary/aromatic N) is 1. The highest BCUT2D eigenvalue weighted by Gasteiger charge is 2.35. The highest BCUT2D eigenvalue weighted by molar-refractivity contribution is 5.85.